The molecule has 3 nitrogen and oxygen atoms in total. The molecule has 0 radical (unpaired) electrons. The van der Waals surface area contributed by atoms with Crippen LogP contribution in [0.2, 0.25) is 0 Å². The number of nitrogens with one attached hydrogen (secondary N) is 1. The Morgan fingerprint density at radius 1 is 1.12 bits per heavy atom. The van der Waals surface area contributed by atoms with Gasteiger partial charge in [0, 0.05) is 18.6 Å². The highest BCUT2D eigenvalue weighted by Crippen LogP contribution is 2.23. The van der Waals surface area contributed by atoms with Crippen LogP contribution in [0.15, 0.2) is 0 Å². The van der Waals surface area contributed by atoms with Crippen molar-refractivity contribution in [1.82, 2.24) is 15.1 Å². The van der Waals surface area contributed by atoms with Gasteiger partial charge in [0.15, 0.2) is 0 Å². The molecule has 0 bridgehead atoms. The number of hydrogen-bond acceptors (Lipinski definition) is 3. The smallest absolute Gasteiger partial charge is 0.0120 e. The molecule has 100 valence electrons. The SMILES string of the molecule is CCNC1CCN(C2CCN(C)CC2)CC1C. The summed E-state index contributed by atoms with van der Waals surface area (Å²) in [4.78, 5) is 5.22. The molecular weight excluding hydrogens is 210 g/mol. The molecule has 0 spiro atoms. The maximum absolute atomic E-state index is 3.63. The Labute approximate surface area is 107 Å². The fraction of sp³-hybridized carbons (Fsp3) is 1.00. The van der Waals surface area contributed by atoms with Gasteiger partial charge in [0.2, 0.25) is 0 Å². The number of piperidine rings is 2. The molecule has 2 fully saturated rings. The summed E-state index contributed by atoms with van der Waals surface area (Å²) in [6, 6.07) is 1.61. The van der Waals surface area contributed by atoms with E-state index in [9.17, 15) is 0 Å². The lowest BCUT2D eigenvalue weighted by Gasteiger charge is -2.43. The van der Waals surface area contributed by atoms with Gasteiger partial charge in [0.25, 0.3) is 0 Å². The fourth-order valence-electron chi connectivity index (χ4n) is 3.44. The minimum atomic E-state index is 0.752. The van der Waals surface area contributed by atoms with Crippen molar-refractivity contribution in [2.45, 2.75) is 45.2 Å². The van der Waals surface area contributed by atoms with Crippen molar-refractivity contribution in [2.24, 2.45) is 5.92 Å². The molecule has 0 aromatic rings. The van der Waals surface area contributed by atoms with E-state index >= 15 is 0 Å². The predicted molar refractivity (Wildman–Crippen MR) is 73.3 cm³/mol. The van der Waals surface area contributed by atoms with Gasteiger partial charge in [-0.15, -0.1) is 0 Å². The second-order valence-corrected chi connectivity index (χ2v) is 5.96. The van der Waals surface area contributed by atoms with Gasteiger partial charge >= 0.3 is 0 Å². The molecule has 2 atom stereocenters. The molecule has 1 N–H and O–H groups in total. The molecule has 2 heterocycles. The van der Waals surface area contributed by atoms with Crippen molar-refractivity contribution in [3.63, 3.8) is 0 Å². The number of hydrogen-bond donors (Lipinski definition) is 1. The van der Waals surface area contributed by atoms with E-state index in [0.29, 0.717) is 0 Å². The van der Waals surface area contributed by atoms with Gasteiger partial charge in [-0.05, 0) is 58.4 Å². The highest BCUT2D eigenvalue weighted by Gasteiger charge is 2.30. The molecule has 0 amide bonds. The van der Waals surface area contributed by atoms with Crippen molar-refractivity contribution in [3.8, 4) is 0 Å². The quantitative estimate of drug-likeness (QED) is 0.803. The predicted octanol–water partition coefficient (Wildman–Crippen LogP) is 1.40. The molecule has 2 aliphatic rings. The first kappa shape index (κ1) is 13.3. The van der Waals surface area contributed by atoms with Crippen molar-refractivity contribution in [1.29, 1.82) is 0 Å². The molecule has 2 aliphatic heterocycles. The lowest BCUT2D eigenvalue weighted by Crippen LogP contribution is -2.53. The molecule has 2 saturated heterocycles. The van der Waals surface area contributed by atoms with Crippen molar-refractivity contribution < 1.29 is 0 Å². The summed E-state index contributed by atoms with van der Waals surface area (Å²) in [5.41, 5.74) is 0. The van der Waals surface area contributed by atoms with Gasteiger partial charge in [-0.3, -0.25) is 4.90 Å². The van der Waals surface area contributed by atoms with E-state index in [1.165, 1.54) is 45.4 Å². The van der Waals surface area contributed by atoms with E-state index in [1.54, 1.807) is 0 Å². The van der Waals surface area contributed by atoms with Crippen LogP contribution in [-0.2, 0) is 0 Å². The zero-order chi connectivity index (χ0) is 12.3. The lowest BCUT2D eigenvalue weighted by molar-refractivity contribution is 0.0679. The van der Waals surface area contributed by atoms with Gasteiger partial charge in [0.1, 0.15) is 0 Å². The van der Waals surface area contributed by atoms with E-state index < -0.39 is 0 Å². The molecule has 0 aromatic carbocycles. The standard InChI is InChI=1S/C14H29N3/c1-4-15-14-7-10-17(11-12(14)2)13-5-8-16(3)9-6-13/h12-15H,4-11H2,1-3H3. The third-order valence-corrected chi connectivity index (χ3v) is 4.61. The Kier molecular flexibility index (Phi) is 4.83. The van der Waals surface area contributed by atoms with Crippen LogP contribution < -0.4 is 5.32 Å². The highest BCUT2D eigenvalue weighted by molar-refractivity contribution is 4.87. The van der Waals surface area contributed by atoms with E-state index in [4.69, 9.17) is 0 Å². The summed E-state index contributed by atoms with van der Waals surface area (Å²) in [5, 5.41) is 3.63. The molecule has 2 rings (SSSR count). The maximum atomic E-state index is 3.63. The Bertz CT molecular complexity index is 224. The monoisotopic (exact) mass is 239 g/mol. The van der Waals surface area contributed by atoms with E-state index in [2.05, 4.69) is 36.0 Å². The minimum Gasteiger partial charge on any atom is -0.314 e. The highest BCUT2D eigenvalue weighted by atomic mass is 15.2. The van der Waals surface area contributed by atoms with Gasteiger partial charge in [-0.25, -0.2) is 0 Å². The van der Waals surface area contributed by atoms with Gasteiger partial charge in [-0.1, -0.05) is 13.8 Å². The lowest BCUT2D eigenvalue weighted by atomic mass is 9.91. The maximum Gasteiger partial charge on any atom is 0.0120 e. The topological polar surface area (TPSA) is 18.5 Å². The average molecular weight is 239 g/mol. The van der Waals surface area contributed by atoms with Crippen LogP contribution in [-0.4, -0.2) is 61.7 Å². The molecule has 0 aromatic heterocycles. The van der Waals surface area contributed by atoms with Crippen LogP contribution in [0.5, 0.6) is 0 Å². The van der Waals surface area contributed by atoms with E-state index in [0.717, 1.165) is 24.5 Å². The Morgan fingerprint density at radius 3 is 2.41 bits per heavy atom. The molecular formula is C14H29N3. The normalized spacial score (nSPS) is 34.1. The first-order chi connectivity index (χ1) is 8.20. The van der Waals surface area contributed by atoms with Crippen molar-refractivity contribution >= 4 is 0 Å². The molecule has 2 unspecified atom stereocenters. The number of rotatable bonds is 3. The van der Waals surface area contributed by atoms with Gasteiger partial charge in [0.05, 0.1) is 0 Å². The number of likely N-dealkylation sites (tertiary alicyclic amines) is 2. The zero-order valence-electron chi connectivity index (χ0n) is 11.8. The fourth-order valence-corrected chi connectivity index (χ4v) is 3.44. The van der Waals surface area contributed by atoms with Gasteiger partial charge < -0.3 is 10.2 Å². The Hall–Kier alpha value is -0.120. The molecule has 0 saturated carbocycles. The summed E-state index contributed by atoms with van der Waals surface area (Å²) in [7, 11) is 2.25. The summed E-state index contributed by atoms with van der Waals surface area (Å²) in [5.74, 6) is 0.809. The van der Waals surface area contributed by atoms with Gasteiger partial charge in [-0.2, -0.15) is 0 Å². The van der Waals surface area contributed by atoms with E-state index in [1.807, 2.05) is 0 Å². The van der Waals surface area contributed by atoms with Crippen LogP contribution in [0.1, 0.15) is 33.1 Å². The Balaban J connectivity index is 1.80. The second-order valence-electron chi connectivity index (χ2n) is 5.96. The van der Waals surface area contributed by atoms with E-state index in [-0.39, 0.29) is 0 Å². The average Bonchev–Trinajstić information content (AvgIpc) is 2.33. The molecule has 17 heavy (non-hydrogen) atoms. The summed E-state index contributed by atoms with van der Waals surface area (Å²) < 4.78 is 0. The summed E-state index contributed by atoms with van der Waals surface area (Å²) in [6.07, 6.45) is 4.07. The van der Waals surface area contributed by atoms with Crippen molar-refractivity contribution in [2.75, 3.05) is 39.8 Å². The van der Waals surface area contributed by atoms with Crippen LogP contribution in [0.4, 0.5) is 0 Å². The summed E-state index contributed by atoms with van der Waals surface area (Å²) >= 11 is 0. The third kappa shape index (κ3) is 3.43. The zero-order valence-corrected chi connectivity index (χ0v) is 11.8. The first-order valence-electron chi connectivity index (χ1n) is 7.36. The molecule has 0 aliphatic carbocycles. The largest absolute Gasteiger partial charge is 0.314 e. The second kappa shape index (κ2) is 6.17. The third-order valence-electron chi connectivity index (χ3n) is 4.61. The minimum absolute atomic E-state index is 0.752. The van der Waals surface area contributed by atoms with Crippen LogP contribution >= 0.6 is 0 Å². The first-order valence-corrected chi connectivity index (χ1v) is 7.36. The Morgan fingerprint density at radius 2 is 1.82 bits per heavy atom. The van der Waals surface area contributed by atoms with Crippen LogP contribution in [0.3, 0.4) is 0 Å². The van der Waals surface area contributed by atoms with Crippen molar-refractivity contribution in [3.05, 3.63) is 0 Å². The molecule has 3 heteroatoms. The summed E-state index contributed by atoms with van der Waals surface area (Å²) in [6.45, 7) is 10.9. The number of nitrogens with zero attached hydrogens (tertiary/aromatic N) is 2. The van der Waals surface area contributed by atoms with Crippen LogP contribution in [0, 0.1) is 5.92 Å². The van der Waals surface area contributed by atoms with Crippen LogP contribution in [0.25, 0.3) is 0 Å².